The van der Waals surface area contributed by atoms with Crippen LogP contribution in [-0.4, -0.2) is 32.8 Å². The van der Waals surface area contributed by atoms with E-state index in [0.717, 1.165) is 24.2 Å². The summed E-state index contributed by atoms with van der Waals surface area (Å²) >= 11 is 1.76. The van der Waals surface area contributed by atoms with Gasteiger partial charge < -0.3 is 10.4 Å². The van der Waals surface area contributed by atoms with E-state index >= 15 is 0 Å². The van der Waals surface area contributed by atoms with Crippen LogP contribution in [0.5, 0.6) is 0 Å². The van der Waals surface area contributed by atoms with E-state index in [0.29, 0.717) is 29.8 Å². The van der Waals surface area contributed by atoms with Crippen molar-refractivity contribution in [3.8, 4) is 0 Å². The van der Waals surface area contributed by atoms with Gasteiger partial charge in [0, 0.05) is 17.4 Å². The molecule has 1 aliphatic rings. The molecule has 1 aliphatic heterocycles. The highest BCUT2D eigenvalue weighted by Gasteiger charge is 2.21. The first-order valence-corrected chi connectivity index (χ1v) is 7.61. The van der Waals surface area contributed by atoms with Gasteiger partial charge in [-0.25, -0.2) is 14.8 Å². The Morgan fingerprint density at radius 3 is 3.00 bits per heavy atom. The second-order valence-electron chi connectivity index (χ2n) is 4.68. The largest absolute Gasteiger partial charge is 0.477 e. The first-order chi connectivity index (χ1) is 9.11. The van der Waals surface area contributed by atoms with Gasteiger partial charge in [-0.3, -0.25) is 0 Å². The number of aromatic carboxylic acids is 1. The molecular formula is C13H19N3O2S. The molecule has 6 heteroatoms. The number of hydrogen-bond donors (Lipinski definition) is 2. The van der Waals surface area contributed by atoms with Crippen molar-refractivity contribution in [2.75, 3.05) is 6.54 Å². The van der Waals surface area contributed by atoms with Crippen LogP contribution in [0, 0.1) is 0 Å². The zero-order valence-corrected chi connectivity index (χ0v) is 12.1. The van der Waals surface area contributed by atoms with Crippen LogP contribution >= 0.6 is 11.8 Å². The van der Waals surface area contributed by atoms with Crippen LogP contribution < -0.4 is 5.32 Å². The van der Waals surface area contributed by atoms with Crippen LogP contribution in [0.4, 0.5) is 0 Å². The van der Waals surface area contributed by atoms with E-state index in [1.54, 1.807) is 11.8 Å². The first-order valence-electron chi connectivity index (χ1n) is 6.56. The molecule has 0 aromatic carbocycles. The van der Waals surface area contributed by atoms with Crippen molar-refractivity contribution in [3.63, 3.8) is 0 Å². The number of fused-ring (bicyclic) bond motifs is 1. The van der Waals surface area contributed by atoms with Gasteiger partial charge in [0.1, 0.15) is 5.82 Å². The maximum absolute atomic E-state index is 11.3. The molecule has 0 bridgehead atoms. The first kappa shape index (κ1) is 14.3. The van der Waals surface area contributed by atoms with Crippen molar-refractivity contribution in [3.05, 3.63) is 22.8 Å². The van der Waals surface area contributed by atoms with Crippen molar-refractivity contribution in [1.29, 1.82) is 0 Å². The average Bonchev–Trinajstić information content (AvgIpc) is 2.43. The molecule has 19 heavy (non-hydrogen) atoms. The molecule has 104 valence electrons. The Kier molecular flexibility index (Phi) is 4.76. The standard InChI is InChI=1S/C13H19N3O2S/c1-3-8(2)19-7-11-15-10-6-14-5-4-9(10)12(16-11)13(17)18/h8,14H,3-7H2,1-2H3,(H,17,18). The Morgan fingerprint density at radius 1 is 1.53 bits per heavy atom. The monoisotopic (exact) mass is 281 g/mol. The van der Waals surface area contributed by atoms with Crippen molar-refractivity contribution in [1.82, 2.24) is 15.3 Å². The minimum atomic E-state index is -0.949. The summed E-state index contributed by atoms with van der Waals surface area (Å²) in [6, 6.07) is 0. The smallest absolute Gasteiger partial charge is 0.354 e. The number of carboxylic acid groups (broad SMARTS) is 1. The van der Waals surface area contributed by atoms with Gasteiger partial charge >= 0.3 is 5.97 Å². The van der Waals surface area contributed by atoms with Gasteiger partial charge in [-0.2, -0.15) is 11.8 Å². The van der Waals surface area contributed by atoms with Gasteiger partial charge in [-0.15, -0.1) is 0 Å². The molecule has 1 aromatic rings. The summed E-state index contributed by atoms with van der Waals surface area (Å²) in [6.45, 7) is 5.72. The maximum Gasteiger partial charge on any atom is 0.354 e. The Hall–Kier alpha value is -1.14. The lowest BCUT2D eigenvalue weighted by atomic mass is 10.0. The third-order valence-electron chi connectivity index (χ3n) is 3.26. The maximum atomic E-state index is 11.3. The number of rotatable bonds is 5. The van der Waals surface area contributed by atoms with Crippen LogP contribution in [0.3, 0.4) is 0 Å². The summed E-state index contributed by atoms with van der Waals surface area (Å²) < 4.78 is 0. The summed E-state index contributed by atoms with van der Waals surface area (Å²) in [6.07, 6.45) is 1.78. The molecular weight excluding hydrogens is 262 g/mol. The predicted molar refractivity (Wildman–Crippen MR) is 75.5 cm³/mol. The van der Waals surface area contributed by atoms with Gasteiger partial charge in [0.15, 0.2) is 5.69 Å². The zero-order valence-electron chi connectivity index (χ0n) is 11.3. The second-order valence-corrected chi connectivity index (χ2v) is 6.10. The SMILES string of the molecule is CCC(C)SCc1nc2c(c(C(=O)O)n1)CCNC2. The number of nitrogens with one attached hydrogen (secondary N) is 1. The van der Waals surface area contributed by atoms with Crippen LogP contribution in [0.2, 0.25) is 0 Å². The lowest BCUT2D eigenvalue weighted by molar-refractivity contribution is 0.0688. The van der Waals surface area contributed by atoms with Gasteiger partial charge in [0.05, 0.1) is 11.4 Å². The zero-order chi connectivity index (χ0) is 13.8. The van der Waals surface area contributed by atoms with Gasteiger partial charge in [0.25, 0.3) is 0 Å². The van der Waals surface area contributed by atoms with E-state index in [1.165, 1.54) is 0 Å². The summed E-state index contributed by atoms with van der Waals surface area (Å²) in [7, 11) is 0. The molecule has 5 nitrogen and oxygen atoms in total. The van der Waals surface area contributed by atoms with Crippen LogP contribution in [0.25, 0.3) is 0 Å². The number of nitrogens with zero attached hydrogens (tertiary/aromatic N) is 2. The Balaban J connectivity index is 2.25. The lowest BCUT2D eigenvalue weighted by Gasteiger charge is -2.18. The number of thioether (sulfide) groups is 1. The molecule has 0 saturated heterocycles. The topological polar surface area (TPSA) is 75.1 Å². The molecule has 1 aromatic heterocycles. The minimum Gasteiger partial charge on any atom is -0.477 e. The number of hydrogen-bond acceptors (Lipinski definition) is 5. The normalized spacial score (nSPS) is 15.9. The lowest BCUT2D eigenvalue weighted by Crippen LogP contribution is -2.28. The van der Waals surface area contributed by atoms with Crippen molar-refractivity contribution in [2.24, 2.45) is 0 Å². The molecule has 0 saturated carbocycles. The minimum absolute atomic E-state index is 0.186. The van der Waals surface area contributed by atoms with Crippen molar-refractivity contribution < 1.29 is 9.90 Å². The third kappa shape index (κ3) is 3.45. The summed E-state index contributed by atoms with van der Waals surface area (Å²) in [5.74, 6) is 0.350. The van der Waals surface area contributed by atoms with E-state index in [-0.39, 0.29) is 5.69 Å². The van der Waals surface area contributed by atoms with Crippen LogP contribution in [-0.2, 0) is 18.7 Å². The van der Waals surface area contributed by atoms with E-state index < -0.39 is 5.97 Å². The Morgan fingerprint density at radius 2 is 2.32 bits per heavy atom. The van der Waals surface area contributed by atoms with Gasteiger partial charge in [0.2, 0.25) is 0 Å². The average molecular weight is 281 g/mol. The highest BCUT2D eigenvalue weighted by atomic mass is 32.2. The van der Waals surface area contributed by atoms with E-state index in [4.69, 9.17) is 0 Å². The number of carboxylic acids is 1. The van der Waals surface area contributed by atoms with Crippen molar-refractivity contribution in [2.45, 2.75) is 44.2 Å². The molecule has 0 spiro atoms. The van der Waals surface area contributed by atoms with Crippen LogP contribution in [0.1, 0.15) is 47.8 Å². The molecule has 2 rings (SSSR count). The quantitative estimate of drug-likeness (QED) is 0.858. The highest BCUT2D eigenvalue weighted by molar-refractivity contribution is 7.99. The molecule has 1 unspecified atom stereocenters. The molecule has 2 heterocycles. The molecule has 2 N–H and O–H groups in total. The fourth-order valence-electron chi connectivity index (χ4n) is 1.99. The second kappa shape index (κ2) is 6.34. The fraction of sp³-hybridized carbons (Fsp3) is 0.615. The Labute approximate surface area is 117 Å². The van der Waals surface area contributed by atoms with E-state index in [1.807, 2.05) is 0 Å². The van der Waals surface area contributed by atoms with Crippen LogP contribution in [0.15, 0.2) is 0 Å². The summed E-state index contributed by atoms with van der Waals surface area (Å²) in [4.78, 5) is 20.0. The summed E-state index contributed by atoms with van der Waals surface area (Å²) in [5.41, 5.74) is 1.83. The van der Waals surface area contributed by atoms with Gasteiger partial charge in [-0.1, -0.05) is 13.8 Å². The third-order valence-corrected chi connectivity index (χ3v) is 4.58. The highest BCUT2D eigenvalue weighted by Crippen LogP contribution is 2.21. The number of carbonyl (C=O) groups is 1. The molecule has 1 atom stereocenters. The molecule has 0 aliphatic carbocycles. The predicted octanol–water partition coefficient (Wildman–Crippen LogP) is 1.85. The molecule has 0 fully saturated rings. The van der Waals surface area contributed by atoms with E-state index in [9.17, 15) is 9.90 Å². The fourth-order valence-corrected chi connectivity index (χ4v) is 2.79. The van der Waals surface area contributed by atoms with Gasteiger partial charge in [-0.05, 0) is 19.4 Å². The number of aromatic nitrogens is 2. The summed E-state index contributed by atoms with van der Waals surface area (Å²) in [5, 5.41) is 13.0. The molecule has 0 radical (unpaired) electrons. The molecule has 0 amide bonds. The van der Waals surface area contributed by atoms with Crippen molar-refractivity contribution >= 4 is 17.7 Å². The Bertz CT molecular complexity index is 479. The van der Waals surface area contributed by atoms with E-state index in [2.05, 4.69) is 29.1 Å².